The minimum absolute atomic E-state index is 0.0439. The fourth-order valence-electron chi connectivity index (χ4n) is 2.78. The maximum atomic E-state index is 12.8. The molecule has 3 aromatic rings. The number of H-pyrrole nitrogens is 1. The lowest BCUT2D eigenvalue weighted by molar-refractivity contribution is -0.274. The first kappa shape index (κ1) is 15.7. The smallest absolute Gasteiger partial charge is 0.403 e. The highest BCUT2D eigenvalue weighted by Crippen LogP contribution is 2.44. The van der Waals surface area contributed by atoms with Crippen molar-refractivity contribution in [1.29, 1.82) is 0 Å². The van der Waals surface area contributed by atoms with E-state index < -0.39 is 12.1 Å². The van der Waals surface area contributed by atoms with E-state index in [1.807, 2.05) is 6.07 Å². The van der Waals surface area contributed by atoms with Gasteiger partial charge in [0, 0.05) is 5.39 Å². The number of hydrogen-bond donors (Lipinski definition) is 1. The van der Waals surface area contributed by atoms with Crippen LogP contribution in [-0.4, -0.2) is 21.5 Å². The number of fused-ring (bicyclic) bond motifs is 1. The Labute approximate surface area is 138 Å². The number of halogens is 3. The van der Waals surface area contributed by atoms with Gasteiger partial charge in [0.15, 0.2) is 5.75 Å². The summed E-state index contributed by atoms with van der Waals surface area (Å²) in [6.07, 6.45) is -2.94. The maximum Gasteiger partial charge on any atom is 0.573 e. The molecule has 0 saturated heterocycles. The van der Waals surface area contributed by atoms with Crippen molar-refractivity contribution in [2.45, 2.75) is 32.0 Å². The number of nitrogens with one attached hydrogen (secondary N) is 1. The molecule has 6 nitrogen and oxygen atoms in total. The number of aromatic amines is 1. The Bertz CT molecular complexity index is 1020. The van der Waals surface area contributed by atoms with Crippen LogP contribution < -0.4 is 10.5 Å². The number of pyridine rings is 1. The summed E-state index contributed by atoms with van der Waals surface area (Å²) in [6, 6.07) is 4.82. The molecular formula is C16H12F3N3O3. The molecule has 0 spiro atoms. The molecule has 0 amide bonds. The predicted octanol–water partition coefficient (Wildman–Crippen LogP) is 3.66. The van der Waals surface area contributed by atoms with Crippen LogP contribution in [0.25, 0.3) is 22.5 Å². The first-order valence-corrected chi connectivity index (χ1v) is 7.57. The molecule has 0 bridgehead atoms. The first-order chi connectivity index (χ1) is 11.8. The van der Waals surface area contributed by atoms with Gasteiger partial charge in [0.05, 0.1) is 0 Å². The van der Waals surface area contributed by atoms with Crippen LogP contribution in [0.2, 0.25) is 0 Å². The van der Waals surface area contributed by atoms with Crippen LogP contribution in [0.4, 0.5) is 13.2 Å². The van der Waals surface area contributed by atoms with Crippen molar-refractivity contribution >= 4 is 10.9 Å². The number of benzene rings is 1. The van der Waals surface area contributed by atoms with Crippen molar-refractivity contribution < 1.29 is 22.3 Å². The second kappa shape index (κ2) is 5.33. The Morgan fingerprint density at radius 3 is 2.64 bits per heavy atom. The van der Waals surface area contributed by atoms with E-state index in [0.717, 1.165) is 18.4 Å². The molecule has 9 heteroatoms. The lowest BCUT2D eigenvalue weighted by Gasteiger charge is -2.14. The van der Waals surface area contributed by atoms with E-state index in [1.54, 1.807) is 13.0 Å². The standard InChI is InChI=1S/C16H12F3N3O3/c1-7-4-11(14-21-22-15(23)24-14)20-13-10(7)5-9(8-2-3-8)6-12(13)25-16(17,18)19/h4-6,8H,2-3H2,1H3,(H,22,23). The quantitative estimate of drug-likeness (QED) is 0.779. The van der Waals surface area contributed by atoms with E-state index in [0.29, 0.717) is 10.9 Å². The Kier molecular flexibility index (Phi) is 3.34. The minimum atomic E-state index is -4.83. The molecule has 0 radical (unpaired) electrons. The van der Waals surface area contributed by atoms with Gasteiger partial charge in [0.2, 0.25) is 0 Å². The Morgan fingerprint density at radius 1 is 1.28 bits per heavy atom. The predicted molar refractivity (Wildman–Crippen MR) is 81.3 cm³/mol. The zero-order valence-corrected chi connectivity index (χ0v) is 13.0. The summed E-state index contributed by atoms with van der Waals surface area (Å²) in [6.45, 7) is 1.74. The van der Waals surface area contributed by atoms with Gasteiger partial charge < -0.3 is 9.15 Å². The summed E-state index contributed by atoms with van der Waals surface area (Å²) in [5.74, 6) is -0.984. The van der Waals surface area contributed by atoms with Crippen molar-refractivity contribution in [2.75, 3.05) is 0 Å². The summed E-state index contributed by atoms with van der Waals surface area (Å²) < 4.78 is 47.5. The van der Waals surface area contributed by atoms with Gasteiger partial charge in [-0.05, 0) is 55.0 Å². The molecular weight excluding hydrogens is 339 g/mol. The highest BCUT2D eigenvalue weighted by molar-refractivity contribution is 5.90. The van der Waals surface area contributed by atoms with Gasteiger partial charge in [-0.25, -0.2) is 14.9 Å². The average molecular weight is 351 g/mol. The third-order valence-corrected chi connectivity index (χ3v) is 4.04. The third-order valence-electron chi connectivity index (χ3n) is 4.04. The van der Waals surface area contributed by atoms with Crippen LogP contribution in [0.3, 0.4) is 0 Å². The van der Waals surface area contributed by atoms with E-state index in [4.69, 9.17) is 4.42 Å². The van der Waals surface area contributed by atoms with Crippen LogP contribution in [0.15, 0.2) is 27.4 Å². The SMILES string of the molecule is Cc1cc(-c2n[nH]c(=O)o2)nc2c(OC(F)(F)F)cc(C3CC3)cc12. The third kappa shape index (κ3) is 3.09. The van der Waals surface area contributed by atoms with Crippen molar-refractivity contribution in [2.24, 2.45) is 0 Å². The van der Waals surface area contributed by atoms with Crippen LogP contribution in [0.5, 0.6) is 5.75 Å². The molecule has 0 unspecified atom stereocenters. The van der Waals surface area contributed by atoms with E-state index in [2.05, 4.69) is 19.9 Å². The number of ether oxygens (including phenoxy) is 1. The van der Waals surface area contributed by atoms with Crippen molar-refractivity contribution in [3.8, 4) is 17.3 Å². The molecule has 130 valence electrons. The molecule has 1 saturated carbocycles. The summed E-state index contributed by atoms with van der Waals surface area (Å²) >= 11 is 0. The van der Waals surface area contributed by atoms with Gasteiger partial charge >= 0.3 is 12.1 Å². The molecule has 2 heterocycles. The van der Waals surface area contributed by atoms with Crippen molar-refractivity contribution in [1.82, 2.24) is 15.2 Å². The van der Waals surface area contributed by atoms with E-state index in [-0.39, 0.29) is 28.8 Å². The average Bonchev–Trinajstić information content (AvgIpc) is 3.28. The molecule has 1 aliphatic rings. The van der Waals surface area contributed by atoms with Crippen LogP contribution in [0.1, 0.15) is 29.9 Å². The van der Waals surface area contributed by atoms with Gasteiger partial charge in [-0.1, -0.05) is 0 Å². The molecule has 4 rings (SSSR count). The molecule has 1 aliphatic carbocycles. The molecule has 25 heavy (non-hydrogen) atoms. The normalized spacial score (nSPS) is 14.9. The molecule has 1 fully saturated rings. The van der Waals surface area contributed by atoms with E-state index in [9.17, 15) is 18.0 Å². The number of nitrogens with zero attached hydrogens (tertiary/aromatic N) is 2. The molecule has 0 atom stereocenters. The Balaban J connectivity index is 1.94. The lowest BCUT2D eigenvalue weighted by Crippen LogP contribution is -2.17. The topological polar surface area (TPSA) is 81.0 Å². The summed E-state index contributed by atoms with van der Waals surface area (Å²) in [7, 11) is 0. The Morgan fingerprint density at radius 2 is 2.04 bits per heavy atom. The van der Waals surface area contributed by atoms with Crippen LogP contribution in [-0.2, 0) is 0 Å². The second-order valence-corrected chi connectivity index (χ2v) is 5.98. The zero-order chi connectivity index (χ0) is 17.8. The second-order valence-electron chi connectivity index (χ2n) is 5.98. The first-order valence-electron chi connectivity index (χ1n) is 7.57. The van der Waals surface area contributed by atoms with E-state index >= 15 is 0 Å². The van der Waals surface area contributed by atoms with Gasteiger partial charge in [-0.2, -0.15) is 0 Å². The van der Waals surface area contributed by atoms with E-state index in [1.165, 1.54) is 6.07 Å². The van der Waals surface area contributed by atoms with Gasteiger partial charge in [0.25, 0.3) is 5.89 Å². The largest absolute Gasteiger partial charge is 0.573 e. The number of aryl methyl sites for hydroxylation is 1. The number of hydrogen-bond acceptors (Lipinski definition) is 5. The number of aromatic nitrogens is 3. The van der Waals surface area contributed by atoms with Crippen LogP contribution in [0, 0.1) is 6.92 Å². The summed E-state index contributed by atoms with van der Waals surface area (Å²) in [4.78, 5) is 15.3. The molecule has 1 aromatic carbocycles. The molecule has 2 aromatic heterocycles. The lowest BCUT2D eigenvalue weighted by atomic mass is 10.0. The Hall–Kier alpha value is -2.84. The minimum Gasteiger partial charge on any atom is -0.403 e. The summed E-state index contributed by atoms with van der Waals surface area (Å²) in [5.41, 5.74) is 1.67. The number of rotatable bonds is 3. The van der Waals surface area contributed by atoms with Crippen LogP contribution >= 0.6 is 0 Å². The van der Waals surface area contributed by atoms with Gasteiger partial charge in [-0.3, -0.25) is 0 Å². The fraction of sp³-hybridized carbons (Fsp3) is 0.312. The molecule has 0 aliphatic heterocycles. The zero-order valence-electron chi connectivity index (χ0n) is 13.0. The molecule has 1 N–H and O–H groups in total. The fourth-order valence-corrected chi connectivity index (χ4v) is 2.78. The summed E-state index contributed by atoms with van der Waals surface area (Å²) in [5, 5.41) is 6.32. The van der Waals surface area contributed by atoms with Crippen molar-refractivity contribution in [3.05, 3.63) is 39.9 Å². The highest BCUT2D eigenvalue weighted by Gasteiger charge is 2.34. The van der Waals surface area contributed by atoms with Gasteiger partial charge in [0.1, 0.15) is 11.2 Å². The van der Waals surface area contributed by atoms with Crippen molar-refractivity contribution in [3.63, 3.8) is 0 Å². The maximum absolute atomic E-state index is 12.8. The number of alkyl halides is 3. The monoisotopic (exact) mass is 351 g/mol. The highest BCUT2D eigenvalue weighted by atomic mass is 19.4. The van der Waals surface area contributed by atoms with Gasteiger partial charge in [-0.15, -0.1) is 18.3 Å².